The van der Waals surface area contributed by atoms with Crippen molar-refractivity contribution in [3.05, 3.63) is 70.0 Å². The highest BCUT2D eigenvalue weighted by Crippen LogP contribution is 2.28. The quantitative estimate of drug-likeness (QED) is 0.641. The molecule has 3 rings (SSSR count). The number of nitrogens with zero attached hydrogens (tertiary/aromatic N) is 1. The molecule has 0 radical (unpaired) electrons. The van der Waals surface area contributed by atoms with Gasteiger partial charge in [-0.1, -0.05) is 49.4 Å². The SMILES string of the molecule is CCc1ccc(NC(=O)COC(=O)c2sc(C)nc2-c2ccccc2)cc1. The zero-order chi connectivity index (χ0) is 19.2. The maximum atomic E-state index is 12.5. The molecule has 0 atom stereocenters. The molecule has 0 fully saturated rings. The summed E-state index contributed by atoms with van der Waals surface area (Å²) in [5.74, 6) is -0.925. The molecule has 1 N–H and O–H groups in total. The van der Waals surface area contributed by atoms with E-state index in [-0.39, 0.29) is 12.5 Å². The minimum Gasteiger partial charge on any atom is -0.451 e. The second-order valence-corrected chi connectivity index (χ2v) is 7.15. The van der Waals surface area contributed by atoms with Gasteiger partial charge >= 0.3 is 5.97 Å². The van der Waals surface area contributed by atoms with Gasteiger partial charge in [0.05, 0.1) is 10.7 Å². The van der Waals surface area contributed by atoms with Gasteiger partial charge in [0.15, 0.2) is 6.61 Å². The molecule has 1 aromatic heterocycles. The number of thiazole rings is 1. The number of carbonyl (C=O) groups is 2. The van der Waals surface area contributed by atoms with Gasteiger partial charge in [-0.3, -0.25) is 4.79 Å². The number of nitrogens with one attached hydrogen (secondary N) is 1. The monoisotopic (exact) mass is 380 g/mol. The molecular weight excluding hydrogens is 360 g/mol. The lowest BCUT2D eigenvalue weighted by Crippen LogP contribution is -2.20. The molecule has 0 spiro atoms. The minimum absolute atomic E-state index is 0.348. The lowest BCUT2D eigenvalue weighted by atomic mass is 10.1. The van der Waals surface area contributed by atoms with Crippen molar-refractivity contribution in [2.75, 3.05) is 11.9 Å². The number of aromatic nitrogens is 1. The van der Waals surface area contributed by atoms with Crippen LogP contribution in [0.5, 0.6) is 0 Å². The fourth-order valence-electron chi connectivity index (χ4n) is 2.57. The minimum atomic E-state index is -0.545. The van der Waals surface area contributed by atoms with Crippen molar-refractivity contribution in [2.24, 2.45) is 0 Å². The number of hydrogen-bond donors (Lipinski definition) is 1. The van der Waals surface area contributed by atoms with E-state index in [4.69, 9.17) is 4.74 Å². The summed E-state index contributed by atoms with van der Waals surface area (Å²) in [6, 6.07) is 17.0. The fraction of sp³-hybridized carbons (Fsp3) is 0.190. The van der Waals surface area contributed by atoms with Crippen LogP contribution in [0, 0.1) is 6.92 Å². The Hall–Kier alpha value is -2.99. The van der Waals surface area contributed by atoms with E-state index < -0.39 is 5.97 Å². The summed E-state index contributed by atoms with van der Waals surface area (Å²) < 4.78 is 5.20. The van der Waals surface area contributed by atoms with E-state index in [9.17, 15) is 9.59 Å². The Morgan fingerprint density at radius 2 is 1.78 bits per heavy atom. The Balaban J connectivity index is 1.63. The molecule has 0 aliphatic carbocycles. The summed E-state index contributed by atoms with van der Waals surface area (Å²) in [5.41, 5.74) is 3.29. The van der Waals surface area contributed by atoms with Gasteiger partial charge in [0, 0.05) is 11.3 Å². The highest BCUT2D eigenvalue weighted by molar-refractivity contribution is 7.14. The van der Waals surface area contributed by atoms with Crippen LogP contribution in [0.2, 0.25) is 0 Å². The summed E-state index contributed by atoms with van der Waals surface area (Å²) in [5, 5.41) is 3.49. The molecule has 1 heterocycles. The van der Waals surface area contributed by atoms with Gasteiger partial charge in [0.1, 0.15) is 4.88 Å². The molecule has 1 amide bonds. The van der Waals surface area contributed by atoms with Crippen molar-refractivity contribution in [1.29, 1.82) is 0 Å². The number of hydrogen-bond acceptors (Lipinski definition) is 5. The van der Waals surface area contributed by atoms with E-state index in [1.807, 2.05) is 61.5 Å². The van der Waals surface area contributed by atoms with Crippen LogP contribution in [0.25, 0.3) is 11.3 Å². The van der Waals surface area contributed by atoms with Crippen molar-refractivity contribution < 1.29 is 14.3 Å². The average molecular weight is 380 g/mol. The van der Waals surface area contributed by atoms with E-state index in [1.165, 1.54) is 16.9 Å². The van der Waals surface area contributed by atoms with Gasteiger partial charge in [0.2, 0.25) is 0 Å². The predicted molar refractivity (Wildman–Crippen MR) is 107 cm³/mol. The fourth-order valence-corrected chi connectivity index (χ4v) is 3.41. The highest BCUT2D eigenvalue weighted by atomic mass is 32.1. The number of amides is 1. The van der Waals surface area contributed by atoms with Crippen molar-refractivity contribution >= 4 is 28.9 Å². The Labute approximate surface area is 162 Å². The van der Waals surface area contributed by atoms with Crippen LogP contribution in [0.1, 0.15) is 27.2 Å². The smallest absolute Gasteiger partial charge is 0.351 e. The molecule has 3 aromatic rings. The van der Waals surface area contributed by atoms with E-state index >= 15 is 0 Å². The maximum absolute atomic E-state index is 12.5. The summed E-state index contributed by atoms with van der Waals surface area (Å²) in [6.07, 6.45) is 0.934. The summed E-state index contributed by atoms with van der Waals surface area (Å²) in [4.78, 5) is 29.4. The number of anilines is 1. The maximum Gasteiger partial charge on any atom is 0.351 e. The second-order valence-electron chi connectivity index (χ2n) is 5.95. The van der Waals surface area contributed by atoms with E-state index in [0.717, 1.165) is 17.0 Å². The van der Waals surface area contributed by atoms with Crippen LogP contribution in [-0.2, 0) is 16.0 Å². The van der Waals surface area contributed by atoms with Crippen molar-refractivity contribution in [2.45, 2.75) is 20.3 Å². The third-order valence-corrected chi connectivity index (χ3v) is 4.90. The Kier molecular flexibility index (Phi) is 5.98. The molecular formula is C21H20N2O3S. The standard InChI is InChI=1S/C21H20N2O3S/c1-3-15-9-11-17(12-10-15)23-18(24)13-26-21(25)20-19(22-14(2)27-20)16-7-5-4-6-8-16/h4-12H,3,13H2,1-2H3,(H,23,24). The number of aryl methyl sites for hydroxylation is 2. The molecule has 0 aliphatic heterocycles. The molecule has 0 bridgehead atoms. The molecule has 5 nitrogen and oxygen atoms in total. The molecule has 27 heavy (non-hydrogen) atoms. The molecule has 0 saturated heterocycles. The third kappa shape index (κ3) is 4.80. The van der Waals surface area contributed by atoms with Gasteiger partial charge in [-0.05, 0) is 31.0 Å². The van der Waals surface area contributed by atoms with Gasteiger partial charge in [-0.25, -0.2) is 9.78 Å². The first kappa shape index (κ1) is 18.8. The Morgan fingerprint density at radius 3 is 2.44 bits per heavy atom. The number of carbonyl (C=O) groups excluding carboxylic acids is 2. The van der Waals surface area contributed by atoms with E-state index in [2.05, 4.69) is 17.2 Å². The number of ether oxygens (including phenoxy) is 1. The largest absolute Gasteiger partial charge is 0.451 e. The number of rotatable bonds is 6. The normalized spacial score (nSPS) is 10.4. The Morgan fingerprint density at radius 1 is 1.07 bits per heavy atom. The van der Waals surface area contributed by atoms with Crippen molar-refractivity contribution in [3.8, 4) is 11.3 Å². The van der Waals surface area contributed by atoms with Crippen molar-refractivity contribution in [3.63, 3.8) is 0 Å². The summed E-state index contributed by atoms with van der Waals surface area (Å²) in [6.45, 7) is 3.55. The number of benzene rings is 2. The van der Waals surface area contributed by atoms with Gasteiger partial charge in [-0.2, -0.15) is 0 Å². The lowest BCUT2D eigenvalue weighted by Gasteiger charge is -2.07. The predicted octanol–water partition coefficient (Wildman–Crippen LogP) is 4.48. The molecule has 138 valence electrons. The van der Waals surface area contributed by atoms with Crippen LogP contribution in [0.15, 0.2) is 54.6 Å². The first-order chi connectivity index (χ1) is 13.1. The lowest BCUT2D eigenvalue weighted by molar-refractivity contribution is -0.119. The van der Waals surface area contributed by atoms with Crippen LogP contribution < -0.4 is 5.32 Å². The molecule has 0 saturated carbocycles. The molecule has 2 aromatic carbocycles. The second kappa shape index (κ2) is 8.60. The van der Waals surface area contributed by atoms with E-state index in [1.54, 1.807) is 0 Å². The number of esters is 1. The zero-order valence-electron chi connectivity index (χ0n) is 15.2. The topological polar surface area (TPSA) is 68.3 Å². The first-order valence-corrected chi connectivity index (χ1v) is 9.47. The summed E-state index contributed by atoms with van der Waals surface area (Å²) in [7, 11) is 0. The van der Waals surface area contributed by atoms with Crippen LogP contribution in [-0.4, -0.2) is 23.5 Å². The third-order valence-electron chi connectivity index (χ3n) is 3.95. The highest BCUT2D eigenvalue weighted by Gasteiger charge is 2.20. The molecule has 0 aliphatic rings. The summed E-state index contributed by atoms with van der Waals surface area (Å²) >= 11 is 1.26. The van der Waals surface area contributed by atoms with E-state index in [0.29, 0.717) is 16.3 Å². The molecule has 6 heteroatoms. The Bertz CT molecular complexity index is 934. The van der Waals surface area contributed by atoms with Crippen molar-refractivity contribution in [1.82, 2.24) is 4.98 Å². The molecule has 0 unspecified atom stereocenters. The van der Waals surface area contributed by atoms with Gasteiger partial charge in [0.25, 0.3) is 5.91 Å². The van der Waals surface area contributed by atoms with Gasteiger partial charge < -0.3 is 10.1 Å². The van der Waals surface area contributed by atoms with Crippen LogP contribution in [0.4, 0.5) is 5.69 Å². The first-order valence-electron chi connectivity index (χ1n) is 8.65. The van der Waals surface area contributed by atoms with Crippen LogP contribution >= 0.6 is 11.3 Å². The van der Waals surface area contributed by atoms with Crippen LogP contribution in [0.3, 0.4) is 0 Å². The zero-order valence-corrected chi connectivity index (χ0v) is 16.0. The average Bonchev–Trinajstić information content (AvgIpc) is 3.09. The van der Waals surface area contributed by atoms with Gasteiger partial charge in [-0.15, -0.1) is 11.3 Å².